The zero-order valence-corrected chi connectivity index (χ0v) is 17.3. The summed E-state index contributed by atoms with van der Waals surface area (Å²) in [6.45, 7) is 0.201. The molecule has 4 aromatic rings. The Morgan fingerprint density at radius 3 is 2.84 bits per heavy atom. The molecule has 0 saturated heterocycles. The molecule has 0 atom stereocenters. The van der Waals surface area contributed by atoms with Crippen LogP contribution in [0.25, 0.3) is 22.9 Å². The fourth-order valence-corrected chi connectivity index (χ4v) is 2.95. The molecule has 4 rings (SSSR count). The predicted octanol–water partition coefficient (Wildman–Crippen LogP) is 3.55. The van der Waals surface area contributed by atoms with E-state index in [1.807, 2.05) is 0 Å². The van der Waals surface area contributed by atoms with Gasteiger partial charge in [0.25, 0.3) is 0 Å². The first-order valence-corrected chi connectivity index (χ1v) is 9.93. The fraction of sp³-hybridized carbons (Fsp3) is 0.150. The summed E-state index contributed by atoms with van der Waals surface area (Å²) in [6, 6.07) is 9.75. The van der Waals surface area contributed by atoms with Crippen molar-refractivity contribution in [3.05, 3.63) is 60.2 Å². The monoisotopic (exact) mass is 457 g/mol. The minimum Gasteiger partial charge on any atom is -0.448 e. The molecule has 10 nitrogen and oxygen atoms in total. The van der Waals surface area contributed by atoms with E-state index in [1.54, 1.807) is 35.0 Å². The molecule has 3 heterocycles. The number of amides is 1. The van der Waals surface area contributed by atoms with Gasteiger partial charge in [-0.2, -0.15) is 5.10 Å². The van der Waals surface area contributed by atoms with E-state index in [0.717, 1.165) is 0 Å². The Morgan fingerprint density at radius 1 is 1.28 bits per heavy atom. The first-order chi connectivity index (χ1) is 15.5. The molecule has 0 spiro atoms. The number of carbonyl (C=O) groups is 1. The molecule has 12 heteroatoms. The minimum atomic E-state index is -0.726. The van der Waals surface area contributed by atoms with Crippen LogP contribution in [0.4, 0.5) is 20.7 Å². The normalized spacial score (nSPS) is 10.8. The summed E-state index contributed by atoms with van der Waals surface area (Å²) in [7, 11) is 0. The van der Waals surface area contributed by atoms with Crippen molar-refractivity contribution >= 4 is 29.2 Å². The van der Waals surface area contributed by atoms with Crippen LogP contribution in [0.5, 0.6) is 0 Å². The van der Waals surface area contributed by atoms with Crippen LogP contribution in [0.2, 0.25) is 0 Å². The fourth-order valence-electron chi connectivity index (χ4n) is 2.88. The summed E-state index contributed by atoms with van der Waals surface area (Å²) < 4.78 is 25.5. The van der Waals surface area contributed by atoms with Gasteiger partial charge in [-0.3, -0.25) is 10.00 Å². The summed E-state index contributed by atoms with van der Waals surface area (Å²) in [5.41, 5.74) is 8.04. The van der Waals surface area contributed by atoms with E-state index in [0.29, 0.717) is 22.6 Å². The van der Waals surface area contributed by atoms with Crippen molar-refractivity contribution in [3.63, 3.8) is 0 Å². The van der Waals surface area contributed by atoms with Gasteiger partial charge < -0.3 is 15.0 Å². The molecule has 0 aliphatic rings. The molecule has 3 aromatic heterocycles. The molecular formula is C20H17ClFN7O3. The van der Waals surface area contributed by atoms with Crippen molar-refractivity contribution in [2.24, 2.45) is 0 Å². The molecule has 0 unspecified atom stereocenters. The highest BCUT2D eigenvalue weighted by Crippen LogP contribution is 2.26. The third-order valence-corrected chi connectivity index (χ3v) is 4.51. The van der Waals surface area contributed by atoms with Crippen LogP contribution in [0.3, 0.4) is 0 Å². The van der Waals surface area contributed by atoms with E-state index in [2.05, 4.69) is 25.5 Å². The number of nitrogen functional groups attached to an aromatic ring is 1. The molecule has 164 valence electrons. The number of nitrogens with two attached hydrogens (primary N) is 1. The Bertz CT molecular complexity index is 1230. The molecule has 32 heavy (non-hydrogen) atoms. The number of nitrogens with zero attached hydrogens (tertiary/aromatic N) is 5. The number of ether oxygens (including phenoxy) is 1. The molecule has 3 N–H and O–H groups in total. The predicted molar refractivity (Wildman–Crippen MR) is 114 cm³/mol. The van der Waals surface area contributed by atoms with Gasteiger partial charge in [0.05, 0.1) is 24.3 Å². The molecule has 1 amide bonds. The van der Waals surface area contributed by atoms with E-state index >= 15 is 0 Å². The summed E-state index contributed by atoms with van der Waals surface area (Å²) >= 11 is 5.49. The van der Waals surface area contributed by atoms with E-state index in [1.165, 1.54) is 18.5 Å². The molecule has 0 aliphatic carbocycles. The van der Waals surface area contributed by atoms with Crippen molar-refractivity contribution in [1.29, 1.82) is 0 Å². The number of anilines is 2. The van der Waals surface area contributed by atoms with Crippen molar-refractivity contribution in [3.8, 4) is 22.9 Å². The summed E-state index contributed by atoms with van der Waals surface area (Å²) in [5, 5.41) is 10.9. The molecule has 0 aliphatic heterocycles. The van der Waals surface area contributed by atoms with Gasteiger partial charge >= 0.3 is 6.09 Å². The second kappa shape index (κ2) is 9.43. The summed E-state index contributed by atoms with van der Waals surface area (Å²) in [4.78, 5) is 20.1. The molecular weight excluding hydrogens is 441 g/mol. The van der Waals surface area contributed by atoms with E-state index < -0.39 is 6.09 Å². The summed E-state index contributed by atoms with van der Waals surface area (Å²) in [6.07, 6.45) is 2.04. The Labute approximate surface area is 186 Å². The number of hydrogen-bond donors (Lipinski definition) is 2. The van der Waals surface area contributed by atoms with Crippen LogP contribution in [0, 0.1) is 5.82 Å². The number of carbonyl (C=O) groups excluding carboxylic acids is 1. The quantitative estimate of drug-likeness (QED) is 0.402. The van der Waals surface area contributed by atoms with Gasteiger partial charge in [-0.25, -0.2) is 19.2 Å². The number of halogens is 2. The SMILES string of the molecule is Nc1nc(-c2cc(-c3ccon3)n(Cc3ccccc3F)n2)ncc1NC(=O)OCCCl. The van der Waals surface area contributed by atoms with Crippen LogP contribution < -0.4 is 11.1 Å². The van der Waals surface area contributed by atoms with Gasteiger partial charge in [0.1, 0.15) is 35.8 Å². The topological polar surface area (TPSA) is 134 Å². The lowest BCUT2D eigenvalue weighted by molar-refractivity contribution is 0.168. The lowest BCUT2D eigenvalue weighted by atomic mass is 10.2. The van der Waals surface area contributed by atoms with Crippen LogP contribution in [-0.4, -0.2) is 43.5 Å². The van der Waals surface area contributed by atoms with Gasteiger partial charge in [0.2, 0.25) is 0 Å². The molecule has 0 saturated carbocycles. The Morgan fingerprint density at radius 2 is 2.12 bits per heavy atom. The van der Waals surface area contributed by atoms with Gasteiger partial charge in [-0.15, -0.1) is 11.6 Å². The van der Waals surface area contributed by atoms with Crippen molar-refractivity contribution in [2.45, 2.75) is 6.54 Å². The Kier molecular flexibility index (Phi) is 6.26. The average Bonchev–Trinajstić information content (AvgIpc) is 3.45. The lowest BCUT2D eigenvalue weighted by Gasteiger charge is -2.08. The van der Waals surface area contributed by atoms with Crippen LogP contribution in [-0.2, 0) is 11.3 Å². The first-order valence-electron chi connectivity index (χ1n) is 9.40. The smallest absolute Gasteiger partial charge is 0.411 e. The van der Waals surface area contributed by atoms with Crippen molar-refractivity contribution in [1.82, 2.24) is 24.9 Å². The molecule has 0 fully saturated rings. The highest BCUT2D eigenvalue weighted by molar-refractivity contribution is 6.18. The van der Waals surface area contributed by atoms with E-state index in [4.69, 9.17) is 26.6 Å². The maximum Gasteiger partial charge on any atom is 0.411 e. The number of hydrogen-bond acceptors (Lipinski definition) is 8. The summed E-state index contributed by atoms with van der Waals surface area (Å²) in [5.74, 6) is 0.0400. The molecule has 0 bridgehead atoms. The zero-order chi connectivity index (χ0) is 22.5. The second-order valence-electron chi connectivity index (χ2n) is 6.49. The average molecular weight is 458 g/mol. The zero-order valence-electron chi connectivity index (χ0n) is 16.5. The standard InChI is InChI=1S/C20H17ClFN7O3/c21-6-8-31-20(30)25-16-10-24-19(26-18(16)23)15-9-17(14-5-7-32-28-14)29(27-15)11-12-3-1-2-4-13(12)22/h1-5,7,9-10H,6,8,11H2,(H,25,30)(H2,23,24,26). The van der Waals surface area contributed by atoms with E-state index in [-0.39, 0.29) is 42.2 Å². The van der Waals surface area contributed by atoms with Crippen LogP contribution in [0.15, 0.2) is 53.4 Å². The number of aromatic nitrogens is 5. The van der Waals surface area contributed by atoms with Gasteiger partial charge in [0.15, 0.2) is 11.6 Å². The Balaban J connectivity index is 1.64. The number of alkyl halides is 1. The highest BCUT2D eigenvalue weighted by Gasteiger charge is 2.18. The van der Waals surface area contributed by atoms with Crippen LogP contribution in [0.1, 0.15) is 5.56 Å². The van der Waals surface area contributed by atoms with Gasteiger partial charge in [-0.05, 0) is 12.1 Å². The maximum absolute atomic E-state index is 14.2. The van der Waals surface area contributed by atoms with Gasteiger partial charge in [0, 0.05) is 11.6 Å². The Hall–Kier alpha value is -3.99. The molecule has 1 aromatic carbocycles. The van der Waals surface area contributed by atoms with E-state index in [9.17, 15) is 9.18 Å². The third-order valence-electron chi connectivity index (χ3n) is 4.35. The number of nitrogens with one attached hydrogen (secondary N) is 1. The second-order valence-corrected chi connectivity index (χ2v) is 6.87. The highest BCUT2D eigenvalue weighted by atomic mass is 35.5. The number of benzene rings is 1. The van der Waals surface area contributed by atoms with Crippen molar-refractivity contribution < 1.29 is 18.4 Å². The maximum atomic E-state index is 14.2. The molecule has 0 radical (unpaired) electrons. The number of rotatable bonds is 7. The minimum absolute atomic E-state index is 0.0180. The lowest BCUT2D eigenvalue weighted by Crippen LogP contribution is -2.16. The van der Waals surface area contributed by atoms with Gasteiger partial charge in [-0.1, -0.05) is 23.4 Å². The van der Waals surface area contributed by atoms with Crippen LogP contribution >= 0.6 is 11.6 Å². The van der Waals surface area contributed by atoms with Crippen molar-refractivity contribution in [2.75, 3.05) is 23.5 Å². The third kappa shape index (κ3) is 4.67. The largest absolute Gasteiger partial charge is 0.448 e. The first kappa shape index (κ1) is 21.2.